The lowest BCUT2D eigenvalue weighted by Crippen LogP contribution is -2.81. The van der Waals surface area contributed by atoms with Crippen molar-refractivity contribution in [3.63, 3.8) is 0 Å². The second-order valence-electron chi connectivity index (χ2n) is 13.1. The molecule has 0 amide bonds. The number of azide groups is 1. The number of allylic oxidation sites excluding steroid dienone is 1. The molecule has 6 rings (SSSR count). The molecule has 65 heavy (non-hydrogen) atoms. The highest BCUT2D eigenvalue weighted by Gasteiger charge is 2.52. The van der Waals surface area contributed by atoms with Crippen LogP contribution in [-0.2, 0) is 13.0 Å². The number of aromatic nitrogens is 2. The van der Waals surface area contributed by atoms with E-state index in [1.54, 1.807) is 6.20 Å². The molecule has 0 N–H and O–H groups in total. The molecular formula is C39H16BF20N5. The van der Waals surface area contributed by atoms with E-state index in [0.29, 0.717) is 6.54 Å². The molecule has 6 aromatic rings. The Morgan fingerprint density at radius 3 is 1.12 bits per heavy atom. The standard InChI is InChI=1S/C24BF20.C15H16N5/c26-5-1(6(27)14(35)21(42)13(5)34)25(2-7(28)15(36)22(43)16(37)8(2)29,3-9(30)17(38)23(44)18(39)10(3)31)4-11(32)19(40)24(45)20(41)12(4)33;16-19-18-9-5-4-8-15-13-20(11-10-17-15)12-14-6-2-1-3-7-14/h;1-7,10-11,13H,8-9,12H2/q-1;+1. The van der Waals surface area contributed by atoms with Gasteiger partial charge in [0.05, 0.1) is 6.20 Å². The van der Waals surface area contributed by atoms with Crippen LogP contribution in [0.15, 0.2) is 66.2 Å². The van der Waals surface area contributed by atoms with E-state index in [4.69, 9.17) is 5.53 Å². The molecule has 0 aliphatic rings. The third kappa shape index (κ3) is 8.52. The van der Waals surface area contributed by atoms with Crippen molar-refractivity contribution in [1.29, 1.82) is 0 Å². The average molecular weight is 945 g/mol. The quantitative estimate of drug-likeness (QED) is 0.0156. The summed E-state index contributed by atoms with van der Waals surface area (Å²) in [6, 6.07) is 10.3. The normalized spacial score (nSPS) is 11.5. The van der Waals surface area contributed by atoms with Crippen LogP contribution in [0, 0.1) is 116 Å². The molecule has 26 heteroatoms. The van der Waals surface area contributed by atoms with Gasteiger partial charge in [-0.25, -0.2) is 92.8 Å². The molecule has 0 unspecified atom stereocenters. The van der Waals surface area contributed by atoms with Crippen molar-refractivity contribution in [2.24, 2.45) is 5.11 Å². The van der Waals surface area contributed by atoms with Crippen LogP contribution >= 0.6 is 0 Å². The fraction of sp³-hybridized carbons (Fsp3) is 0.0769. The van der Waals surface area contributed by atoms with E-state index in [2.05, 4.69) is 31.7 Å². The summed E-state index contributed by atoms with van der Waals surface area (Å²) in [6.07, 6.45) is 3.12. The summed E-state index contributed by atoms with van der Waals surface area (Å²) in [5, 5.41) is 3.44. The van der Waals surface area contributed by atoms with Gasteiger partial charge < -0.3 is 0 Å². The SMILES string of the molecule is Fc1c(F)c(F)c([B-](c2c(F)c(F)c(F)c(F)c2F)(c2c(F)c(F)c(F)c(F)c2F)c2c(F)c(F)c(F)c(F)c2F)c(F)c1F.[N-]=[N+]=NCC=CCc1c[n+](Cc2ccccc2)ccn1. The summed E-state index contributed by atoms with van der Waals surface area (Å²) in [5.74, 6) is -71.4. The second kappa shape index (κ2) is 19.3. The van der Waals surface area contributed by atoms with Crippen molar-refractivity contribution in [2.75, 3.05) is 6.54 Å². The monoisotopic (exact) mass is 945 g/mol. The zero-order valence-electron chi connectivity index (χ0n) is 31.3. The summed E-state index contributed by atoms with van der Waals surface area (Å²) < 4.78 is 296. The smallest absolute Gasteiger partial charge is 0.200 e. The van der Waals surface area contributed by atoms with Gasteiger partial charge in [0.15, 0.2) is 88.7 Å². The molecule has 1 heterocycles. The maximum absolute atomic E-state index is 15.4. The summed E-state index contributed by atoms with van der Waals surface area (Å²) in [4.78, 5) is 7.02. The lowest BCUT2D eigenvalue weighted by Gasteiger charge is -2.44. The van der Waals surface area contributed by atoms with Crippen molar-refractivity contribution in [1.82, 2.24) is 4.98 Å². The molecule has 5 aromatic carbocycles. The fourth-order valence-electron chi connectivity index (χ4n) is 6.72. The van der Waals surface area contributed by atoms with Crippen LogP contribution in [0.3, 0.4) is 0 Å². The first-order valence-electron chi connectivity index (χ1n) is 17.4. The van der Waals surface area contributed by atoms with Crippen LogP contribution < -0.4 is 26.4 Å². The van der Waals surface area contributed by atoms with Crippen molar-refractivity contribution in [3.8, 4) is 0 Å². The molecule has 0 fully saturated rings. The molecule has 340 valence electrons. The molecule has 0 aliphatic carbocycles. The van der Waals surface area contributed by atoms with Crippen molar-refractivity contribution in [3.05, 3.63) is 199 Å². The number of hydrogen-bond acceptors (Lipinski definition) is 2. The Hall–Kier alpha value is -7.11. The predicted octanol–water partition coefficient (Wildman–Crippen LogP) is 8.67. The van der Waals surface area contributed by atoms with Crippen LogP contribution in [0.2, 0.25) is 0 Å². The van der Waals surface area contributed by atoms with E-state index >= 15 is 35.1 Å². The van der Waals surface area contributed by atoms with Gasteiger partial charge in [-0.15, -0.1) is 21.9 Å². The number of nitrogens with zero attached hydrogens (tertiary/aromatic N) is 5. The Balaban J connectivity index is 0.000000330. The second-order valence-corrected chi connectivity index (χ2v) is 13.1. The molecule has 0 spiro atoms. The molecule has 0 saturated heterocycles. The van der Waals surface area contributed by atoms with E-state index < -0.39 is 144 Å². The van der Waals surface area contributed by atoms with Crippen molar-refractivity contribution in [2.45, 2.75) is 13.0 Å². The first kappa shape index (κ1) is 48.9. The maximum Gasteiger partial charge on any atom is 0.200 e. The molecule has 0 saturated carbocycles. The van der Waals surface area contributed by atoms with Crippen LogP contribution in [0.5, 0.6) is 0 Å². The molecule has 5 nitrogen and oxygen atoms in total. The van der Waals surface area contributed by atoms with Gasteiger partial charge in [0.2, 0.25) is 0 Å². The Labute approximate surface area is 349 Å². The summed E-state index contributed by atoms with van der Waals surface area (Å²) >= 11 is 0. The summed E-state index contributed by atoms with van der Waals surface area (Å²) in [5.41, 5.74) is -3.92. The zero-order valence-corrected chi connectivity index (χ0v) is 31.3. The van der Waals surface area contributed by atoms with Crippen LogP contribution in [-0.4, -0.2) is 17.7 Å². The number of hydrogen-bond donors (Lipinski definition) is 0. The Kier molecular flexibility index (Phi) is 14.5. The third-order valence-corrected chi connectivity index (χ3v) is 9.47. The number of benzene rings is 5. The predicted molar refractivity (Wildman–Crippen MR) is 186 cm³/mol. The highest BCUT2D eigenvalue weighted by Crippen LogP contribution is 2.30. The lowest BCUT2D eigenvalue weighted by atomic mass is 9.12. The Bertz CT molecular complexity index is 2550. The minimum Gasteiger partial charge on any atom is -0.248 e. The topological polar surface area (TPSA) is 65.5 Å². The third-order valence-electron chi connectivity index (χ3n) is 9.47. The molecular weight excluding hydrogens is 929 g/mol. The van der Waals surface area contributed by atoms with E-state index in [9.17, 15) is 52.7 Å². The fourth-order valence-corrected chi connectivity index (χ4v) is 6.72. The van der Waals surface area contributed by atoms with E-state index in [1.165, 1.54) is 5.56 Å². The highest BCUT2D eigenvalue weighted by molar-refractivity contribution is 7.20. The number of halogens is 20. The first-order chi connectivity index (χ1) is 30.6. The lowest BCUT2D eigenvalue weighted by molar-refractivity contribution is -0.689. The van der Waals surface area contributed by atoms with Gasteiger partial charge >= 0.3 is 0 Å². The zero-order chi connectivity index (χ0) is 48.4. The molecule has 0 atom stereocenters. The molecule has 0 aliphatic heterocycles. The molecule has 0 bridgehead atoms. The van der Waals surface area contributed by atoms with Crippen LogP contribution in [0.25, 0.3) is 10.4 Å². The number of rotatable bonds is 10. The van der Waals surface area contributed by atoms with Gasteiger partial charge in [0, 0.05) is 23.4 Å². The maximum atomic E-state index is 15.4. The minimum atomic E-state index is -7.22. The molecule has 1 aromatic heterocycles. The van der Waals surface area contributed by atoms with Gasteiger partial charge in [-0.1, -0.05) is 47.6 Å². The van der Waals surface area contributed by atoms with Gasteiger partial charge in [-0.05, 0) is 5.53 Å². The highest BCUT2D eigenvalue weighted by atomic mass is 19.2. The van der Waals surface area contributed by atoms with Crippen molar-refractivity contribution >= 4 is 28.0 Å². The van der Waals surface area contributed by atoms with Crippen molar-refractivity contribution < 1.29 is 92.4 Å². The van der Waals surface area contributed by atoms with E-state index in [-0.39, 0.29) is 0 Å². The average Bonchev–Trinajstić information content (AvgIpc) is 3.29. The van der Waals surface area contributed by atoms with Crippen LogP contribution in [0.1, 0.15) is 11.3 Å². The first-order valence-corrected chi connectivity index (χ1v) is 17.4. The summed E-state index contributed by atoms with van der Waals surface area (Å²) in [6.45, 7) is 1.21. The van der Waals surface area contributed by atoms with E-state index in [1.807, 2.05) is 42.7 Å². The van der Waals surface area contributed by atoms with E-state index in [0.717, 1.165) is 18.7 Å². The van der Waals surface area contributed by atoms with Crippen LogP contribution in [0.4, 0.5) is 87.8 Å². The van der Waals surface area contributed by atoms with Gasteiger partial charge in [-0.2, -0.15) is 4.57 Å². The minimum absolute atomic E-state index is 0.382. The Morgan fingerprint density at radius 1 is 0.477 bits per heavy atom. The molecule has 0 radical (unpaired) electrons. The summed E-state index contributed by atoms with van der Waals surface area (Å²) in [7, 11) is 0. The Morgan fingerprint density at radius 2 is 0.800 bits per heavy atom. The van der Waals surface area contributed by atoms with Gasteiger partial charge in [-0.3, -0.25) is 0 Å². The largest absolute Gasteiger partial charge is 0.248 e. The van der Waals surface area contributed by atoms with Gasteiger partial charge in [0.1, 0.15) is 58.4 Å². The van der Waals surface area contributed by atoms with Gasteiger partial charge in [0.25, 0.3) is 0 Å².